The number of anilines is 1. The molecule has 2 aromatic carbocycles. The predicted octanol–water partition coefficient (Wildman–Crippen LogP) is 5.30. The minimum atomic E-state index is -4.26. The van der Waals surface area contributed by atoms with Crippen LogP contribution in [0.1, 0.15) is 16.7 Å². The zero-order valence-corrected chi connectivity index (χ0v) is 19.2. The van der Waals surface area contributed by atoms with Crippen molar-refractivity contribution in [2.75, 3.05) is 11.9 Å². The fourth-order valence-corrected chi connectivity index (χ4v) is 4.45. The van der Waals surface area contributed by atoms with Crippen molar-refractivity contribution in [1.82, 2.24) is 19.4 Å². The standard InChI is InChI=1S/C26H21F4N5O/c1-34-15-32-22-6-5-21(24(27)25(22)34)20-8-9-31-11-16(20)3-7-23(36)33-19-4-2-17-12-35(13-18(17)10-19)14-26(28,29)30/h2-11,15H,12-14H2,1H3,(H,33,36)/b7-3+. The maximum atomic E-state index is 15.3. The van der Waals surface area contributed by atoms with Gasteiger partial charge in [0.1, 0.15) is 5.52 Å². The zero-order chi connectivity index (χ0) is 25.4. The second-order valence-electron chi connectivity index (χ2n) is 8.68. The molecular formula is C26H21F4N5O. The van der Waals surface area contributed by atoms with Crippen LogP contribution >= 0.6 is 0 Å². The van der Waals surface area contributed by atoms with E-state index in [-0.39, 0.29) is 13.1 Å². The highest BCUT2D eigenvalue weighted by Gasteiger charge is 2.33. The molecule has 0 bridgehead atoms. The summed E-state index contributed by atoms with van der Waals surface area (Å²) in [6.45, 7) is -0.596. The molecule has 1 N–H and O–H groups in total. The van der Waals surface area contributed by atoms with E-state index in [4.69, 9.17) is 0 Å². The summed E-state index contributed by atoms with van der Waals surface area (Å²) in [5.41, 5.74) is 4.42. The summed E-state index contributed by atoms with van der Waals surface area (Å²) in [5.74, 6) is -0.854. The average Bonchev–Trinajstić information content (AvgIpc) is 3.39. The second-order valence-corrected chi connectivity index (χ2v) is 8.68. The number of rotatable bonds is 5. The number of alkyl halides is 3. The number of fused-ring (bicyclic) bond motifs is 2. The number of nitrogens with one attached hydrogen (secondary N) is 1. The van der Waals surface area contributed by atoms with Gasteiger partial charge in [0, 0.05) is 55.4 Å². The van der Waals surface area contributed by atoms with Gasteiger partial charge in [-0.25, -0.2) is 9.37 Å². The lowest BCUT2D eigenvalue weighted by Gasteiger charge is -2.16. The van der Waals surface area contributed by atoms with Crippen LogP contribution in [0.25, 0.3) is 28.2 Å². The van der Waals surface area contributed by atoms with Gasteiger partial charge in [-0.3, -0.25) is 14.7 Å². The Morgan fingerprint density at radius 3 is 2.72 bits per heavy atom. The van der Waals surface area contributed by atoms with Crippen LogP contribution in [-0.4, -0.2) is 38.1 Å². The minimum absolute atomic E-state index is 0.167. The molecule has 0 aliphatic carbocycles. The molecule has 2 aromatic heterocycles. The van der Waals surface area contributed by atoms with Gasteiger partial charge in [0.15, 0.2) is 5.82 Å². The highest BCUT2D eigenvalue weighted by atomic mass is 19.4. The first-order valence-corrected chi connectivity index (χ1v) is 11.1. The molecule has 3 heterocycles. The normalized spacial score (nSPS) is 14.0. The van der Waals surface area contributed by atoms with Crippen molar-refractivity contribution < 1.29 is 22.4 Å². The number of benzene rings is 2. The summed E-state index contributed by atoms with van der Waals surface area (Å²) in [6.07, 6.45) is 3.22. The lowest BCUT2D eigenvalue weighted by Crippen LogP contribution is -2.29. The lowest BCUT2D eigenvalue weighted by molar-refractivity contribution is -0.147. The van der Waals surface area contributed by atoms with Crippen molar-refractivity contribution >= 4 is 28.7 Å². The van der Waals surface area contributed by atoms with Gasteiger partial charge < -0.3 is 9.88 Å². The largest absolute Gasteiger partial charge is 0.401 e. The SMILES string of the molecule is Cn1cnc2ccc(-c3ccncc3/C=C/C(=O)Nc3ccc4c(c3)CN(CC(F)(F)F)C4)c(F)c21. The molecule has 4 aromatic rings. The Bertz CT molecular complexity index is 1490. The first-order valence-electron chi connectivity index (χ1n) is 11.1. The van der Waals surface area contributed by atoms with Crippen LogP contribution in [0.2, 0.25) is 0 Å². The molecule has 0 atom stereocenters. The van der Waals surface area contributed by atoms with Gasteiger partial charge in [-0.1, -0.05) is 6.07 Å². The summed E-state index contributed by atoms with van der Waals surface area (Å²) in [4.78, 5) is 22.1. The van der Waals surface area contributed by atoms with Crippen LogP contribution in [0, 0.1) is 5.82 Å². The summed E-state index contributed by atoms with van der Waals surface area (Å²) < 4.78 is 55.0. The van der Waals surface area contributed by atoms with Crippen molar-refractivity contribution in [3.8, 4) is 11.1 Å². The van der Waals surface area contributed by atoms with Crippen LogP contribution in [-0.2, 0) is 24.9 Å². The molecule has 184 valence electrons. The number of aromatic nitrogens is 3. The maximum Gasteiger partial charge on any atom is 0.401 e. The number of halogens is 4. The van der Waals surface area contributed by atoms with E-state index >= 15 is 4.39 Å². The molecule has 6 nitrogen and oxygen atoms in total. The summed E-state index contributed by atoms with van der Waals surface area (Å²) >= 11 is 0. The molecule has 5 rings (SSSR count). The monoisotopic (exact) mass is 495 g/mol. The van der Waals surface area contributed by atoms with E-state index in [1.807, 2.05) is 0 Å². The van der Waals surface area contributed by atoms with E-state index in [9.17, 15) is 18.0 Å². The third-order valence-electron chi connectivity index (χ3n) is 6.04. The Balaban J connectivity index is 1.33. The molecule has 0 spiro atoms. The molecule has 10 heteroatoms. The highest BCUT2D eigenvalue weighted by Crippen LogP contribution is 2.31. The van der Waals surface area contributed by atoms with E-state index in [1.165, 1.54) is 17.2 Å². The molecule has 0 radical (unpaired) electrons. The van der Waals surface area contributed by atoms with E-state index in [2.05, 4.69) is 15.3 Å². The Morgan fingerprint density at radius 1 is 1.11 bits per heavy atom. The van der Waals surface area contributed by atoms with Crippen molar-refractivity contribution in [2.45, 2.75) is 19.3 Å². The molecule has 0 saturated carbocycles. The first kappa shape index (κ1) is 23.7. The minimum Gasteiger partial charge on any atom is -0.331 e. The van der Waals surface area contributed by atoms with Gasteiger partial charge in [-0.15, -0.1) is 0 Å². The Hall–Kier alpha value is -4.05. The Kier molecular flexibility index (Phi) is 6.05. The number of hydrogen-bond acceptors (Lipinski definition) is 4. The molecule has 1 amide bonds. The number of amides is 1. The van der Waals surface area contributed by atoms with Crippen LogP contribution < -0.4 is 5.32 Å². The summed E-state index contributed by atoms with van der Waals surface area (Å²) in [5, 5.41) is 2.73. The van der Waals surface area contributed by atoms with Gasteiger partial charge in [-0.05, 0) is 53.1 Å². The number of hydrogen-bond donors (Lipinski definition) is 1. The van der Waals surface area contributed by atoms with Crippen LogP contribution in [0.15, 0.2) is 61.2 Å². The van der Waals surface area contributed by atoms with Gasteiger partial charge in [0.2, 0.25) is 5.91 Å². The molecule has 0 unspecified atom stereocenters. The van der Waals surface area contributed by atoms with E-state index in [0.717, 1.165) is 11.1 Å². The average molecular weight is 495 g/mol. The Morgan fingerprint density at radius 2 is 1.92 bits per heavy atom. The second kappa shape index (κ2) is 9.19. The number of carbonyl (C=O) groups is 1. The van der Waals surface area contributed by atoms with E-state index in [1.54, 1.807) is 66.6 Å². The zero-order valence-electron chi connectivity index (χ0n) is 19.2. The molecule has 0 saturated heterocycles. The quantitative estimate of drug-likeness (QED) is 0.301. The number of pyridine rings is 1. The molecule has 1 aliphatic rings. The Labute approximate surface area is 203 Å². The molecule has 0 fully saturated rings. The lowest BCUT2D eigenvalue weighted by atomic mass is 10.00. The van der Waals surface area contributed by atoms with E-state index < -0.39 is 24.4 Å². The summed E-state index contributed by atoms with van der Waals surface area (Å²) in [7, 11) is 1.71. The fraction of sp³-hybridized carbons (Fsp3) is 0.192. The third kappa shape index (κ3) is 4.85. The predicted molar refractivity (Wildman–Crippen MR) is 128 cm³/mol. The first-order chi connectivity index (χ1) is 17.2. The van der Waals surface area contributed by atoms with Gasteiger partial charge in [-0.2, -0.15) is 13.2 Å². The van der Waals surface area contributed by atoms with Crippen molar-refractivity contribution in [3.63, 3.8) is 0 Å². The molecular weight excluding hydrogens is 474 g/mol. The number of aryl methyl sites for hydroxylation is 1. The van der Waals surface area contributed by atoms with E-state index in [0.29, 0.717) is 33.4 Å². The number of carbonyl (C=O) groups excluding carboxylic acids is 1. The highest BCUT2D eigenvalue weighted by molar-refractivity contribution is 6.02. The van der Waals surface area contributed by atoms with Crippen LogP contribution in [0.3, 0.4) is 0 Å². The van der Waals surface area contributed by atoms with Crippen molar-refractivity contribution in [2.24, 2.45) is 7.05 Å². The number of nitrogens with zero attached hydrogens (tertiary/aromatic N) is 4. The smallest absolute Gasteiger partial charge is 0.331 e. The summed E-state index contributed by atoms with van der Waals surface area (Å²) in [6, 6.07) is 10.1. The fourth-order valence-electron chi connectivity index (χ4n) is 4.45. The van der Waals surface area contributed by atoms with Gasteiger partial charge >= 0.3 is 6.18 Å². The topological polar surface area (TPSA) is 63.1 Å². The third-order valence-corrected chi connectivity index (χ3v) is 6.04. The maximum absolute atomic E-state index is 15.3. The van der Waals surface area contributed by atoms with Gasteiger partial charge in [0.25, 0.3) is 0 Å². The van der Waals surface area contributed by atoms with Crippen molar-refractivity contribution in [1.29, 1.82) is 0 Å². The van der Waals surface area contributed by atoms with Crippen molar-refractivity contribution in [3.05, 3.63) is 83.7 Å². The van der Waals surface area contributed by atoms with Gasteiger partial charge in [0.05, 0.1) is 18.4 Å². The number of imidazole rings is 1. The van der Waals surface area contributed by atoms with Crippen LogP contribution in [0.5, 0.6) is 0 Å². The molecule has 36 heavy (non-hydrogen) atoms. The van der Waals surface area contributed by atoms with Crippen LogP contribution in [0.4, 0.5) is 23.2 Å². The molecule has 1 aliphatic heterocycles.